The largest absolute Gasteiger partial charge is 0.306 e. The molecule has 0 saturated carbocycles. The molecule has 0 aromatic carbocycles. The molecule has 0 spiro atoms. The molecule has 1 fully saturated rings. The van der Waals surface area contributed by atoms with Gasteiger partial charge < -0.3 is 14.6 Å². The Bertz CT molecular complexity index is 228. The van der Waals surface area contributed by atoms with Crippen LogP contribution in [0.15, 0.2) is 0 Å². The van der Waals surface area contributed by atoms with Gasteiger partial charge in [-0.25, -0.2) is 0 Å². The van der Waals surface area contributed by atoms with Crippen LogP contribution in [0.4, 0.5) is 0 Å². The average molecular weight is 240 g/mol. The molecule has 0 bridgehead atoms. The molecule has 0 aromatic heterocycles. The van der Waals surface area contributed by atoms with Crippen LogP contribution < -0.4 is 0 Å². The zero-order chi connectivity index (χ0) is 12.9. The first-order valence-corrected chi connectivity index (χ1v) is 6.92. The molecule has 0 unspecified atom stereocenters. The lowest BCUT2D eigenvalue weighted by atomic mass is 9.83. The van der Waals surface area contributed by atoms with Gasteiger partial charge in [0, 0.05) is 18.0 Å². The van der Waals surface area contributed by atoms with E-state index in [2.05, 4.69) is 37.7 Å². The number of carbonyl (C=O) groups excluding carboxylic acids is 1. The van der Waals surface area contributed by atoms with Crippen LogP contribution in [0.1, 0.15) is 39.5 Å². The van der Waals surface area contributed by atoms with E-state index in [9.17, 15) is 4.79 Å². The molecule has 3 heteroatoms. The van der Waals surface area contributed by atoms with Gasteiger partial charge in [-0.2, -0.15) is 0 Å². The number of nitrogens with zero attached hydrogens (tertiary/aromatic N) is 2. The fourth-order valence-corrected chi connectivity index (χ4v) is 2.72. The summed E-state index contributed by atoms with van der Waals surface area (Å²) >= 11 is 0. The molecule has 0 N–H and O–H groups in total. The number of carbonyl (C=O) groups is 1. The molecular formula is C14H28N2O. The highest BCUT2D eigenvalue weighted by molar-refractivity contribution is 5.59. The van der Waals surface area contributed by atoms with E-state index in [0.717, 1.165) is 38.5 Å². The molecule has 1 heterocycles. The molecule has 1 rings (SSSR count). The van der Waals surface area contributed by atoms with Crippen molar-refractivity contribution in [1.29, 1.82) is 0 Å². The van der Waals surface area contributed by atoms with E-state index in [1.54, 1.807) is 0 Å². The Balaban J connectivity index is 2.46. The molecule has 1 aliphatic heterocycles. The molecule has 0 atom stereocenters. The number of likely N-dealkylation sites (tertiary alicyclic amines) is 1. The molecule has 1 saturated heterocycles. The third kappa shape index (κ3) is 3.78. The third-order valence-electron chi connectivity index (χ3n) is 4.48. The van der Waals surface area contributed by atoms with Crippen molar-refractivity contribution in [3.8, 4) is 0 Å². The second kappa shape index (κ2) is 6.50. The molecule has 17 heavy (non-hydrogen) atoms. The number of hydrogen-bond acceptors (Lipinski definition) is 3. The molecule has 1 aliphatic rings. The summed E-state index contributed by atoms with van der Waals surface area (Å²) in [7, 11) is 4.32. The van der Waals surface area contributed by atoms with Crippen LogP contribution in [0.2, 0.25) is 0 Å². The minimum Gasteiger partial charge on any atom is -0.306 e. The Morgan fingerprint density at radius 2 is 1.76 bits per heavy atom. The van der Waals surface area contributed by atoms with Gasteiger partial charge in [0.1, 0.15) is 6.29 Å². The van der Waals surface area contributed by atoms with Crippen LogP contribution in [-0.4, -0.2) is 55.9 Å². The van der Waals surface area contributed by atoms with Crippen LogP contribution in [-0.2, 0) is 4.79 Å². The molecule has 0 amide bonds. The van der Waals surface area contributed by atoms with Gasteiger partial charge in [-0.15, -0.1) is 0 Å². The van der Waals surface area contributed by atoms with Crippen molar-refractivity contribution < 1.29 is 4.79 Å². The Morgan fingerprint density at radius 1 is 1.24 bits per heavy atom. The number of aldehydes is 1. The van der Waals surface area contributed by atoms with Gasteiger partial charge in [0.15, 0.2) is 0 Å². The first-order chi connectivity index (χ1) is 8.06. The van der Waals surface area contributed by atoms with Crippen molar-refractivity contribution in [2.24, 2.45) is 5.41 Å². The predicted molar refractivity (Wildman–Crippen MR) is 72.2 cm³/mol. The van der Waals surface area contributed by atoms with Crippen molar-refractivity contribution in [2.75, 3.05) is 33.7 Å². The SMILES string of the molecule is CCC(C=O)(CC)CN1CCC(N(C)C)CC1. The molecule has 3 nitrogen and oxygen atoms in total. The van der Waals surface area contributed by atoms with E-state index in [0.29, 0.717) is 0 Å². The Kier molecular flexibility index (Phi) is 5.60. The summed E-state index contributed by atoms with van der Waals surface area (Å²) in [6.45, 7) is 7.48. The fourth-order valence-electron chi connectivity index (χ4n) is 2.72. The van der Waals surface area contributed by atoms with Crippen molar-refractivity contribution in [2.45, 2.75) is 45.6 Å². The standard InChI is InChI=1S/C14H28N2O/c1-5-14(6-2,12-17)11-16-9-7-13(8-10-16)15(3)4/h12-13H,5-11H2,1-4H3. The Morgan fingerprint density at radius 3 is 2.12 bits per heavy atom. The predicted octanol–water partition coefficient (Wildman–Crippen LogP) is 2.02. The highest BCUT2D eigenvalue weighted by Gasteiger charge is 2.30. The van der Waals surface area contributed by atoms with Gasteiger partial charge in [0.2, 0.25) is 0 Å². The summed E-state index contributed by atoms with van der Waals surface area (Å²) in [5.74, 6) is 0. The lowest BCUT2D eigenvalue weighted by Crippen LogP contribution is -2.46. The summed E-state index contributed by atoms with van der Waals surface area (Å²) in [5.41, 5.74) is -0.106. The number of rotatable bonds is 6. The Labute approximate surface area is 106 Å². The fraction of sp³-hybridized carbons (Fsp3) is 0.929. The van der Waals surface area contributed by atoms with E-state index in [1.165, 1.54) is 19.1 Å². The monoisotopic (exact) mass is 240 g/mol. The lowest BCUT2D eigenvalue weighted by molar-refractivity contribution is -0.118. The minimum atomic E-state index is -0.106. The second-order valence-electron chi connectivity index (χ2n) is 5.66. The van der Waals surface area contributed by atoms with Gasteiger partial charge in [-0.05, 0) is 52.9 Å². The molecule has 0 radical (unpaired) electrons. The third-order valence-corrected chi connectivity index (χ3v) is 4.48. The molecule has 100 valence electrons. The van der Waals surface area contributed by atoms with E-state index in [-0.39, 0.29) is 5.41 Å². The van der Waals surface area contributed by atoms with Gasteiger partial charge in [0.25, 0.3) is 0 Å². The first kappa shape index (κ1) is 14.7. The van der Waals surface area contributed by atoms with Gasteiger partial charge in [0.05, 0.1) is 0 Å². The van der Waals surface area contributed by atoms with E-state index < -0.39 is 0 Å². The van der Waals surface area contributed by atoms with Crippen LogP contribution >= 0.6 is 0 Å². The highest BCUT2D eigenvalue weighted by atomic mass is 16.1. The maximum Gasteiger partial charge on any atom is 0.127 e. The van der Waals surface area contributed by atoms with Crippen molar-refractivity contribution in [3.05, 3.63) is 0 Å². The Hall–Kier alpha value is -0.410. The maximum absolute atomic E-state index is 11.3. The number of piperidine rings is 1. The topological polar surface area (TPSA) is 23.6 Å². The molecular weight excluding hydrogens is 212 g/mol. The smallest absolute Gasteiger partial charge is 0.127 e. The highest BCUT2D eigenvalue weighted by Crippen LogP contribution is 2.26. The lowest BCUT2D eigenvalue weighted by Gasteiger charge is -2.39. The van der Waals surface area contributed by atoms with Crippen LogP contribution in [0.5, 0.6) is 0 Å². The average Bonchev–Trinajstić information content (AvgIpc) is 2.37. The second-order valence-corrected chi connectivity index (χ2v) is 5.66. The van der Waals surface area contributed by atoms with Crippen molar-refractivity contribution in [3.63, 3.8) is 0 Å². The zero-order valence-electron chi connectivity index (χ0n) is 11.9. The van der Waals surface area contributed by atoms with Crippen molar-refractivity contribution >= 4 is 6.29 Å². The van der Waals surface area contributed by atoms with Gasteiger partial charge >= 0.3 is 0 Å². The normalized spacial score (nSPS) is 19.8. The quantitative estimate of drug-likeness (QED) is 0.664. The van der Waals surface area contributed by atoms with E-state index in [4.69, 9.17) is 0 Å². The summed E-state index contributed by atoms with van der Waals surface area (Å²) < 4.78 is 0. The summed E-state index contributed by atoms with van der Waals surface area (Å²) in [5, 5.41) is 0. The van der Waals surface area contributed by atoms with Crippen LogP contribution in [0, 0.1) is 5.41 Å². The molecule has 0 aliphatic carbocycles. The first-order valence-electron chi connectivity index (χ1n) is 6.92. The number of hydrogen-bond donors (Lipinski definition) is 0. The summed E-state index contributed by atoms with van der Waals surface area (Å²) in [6.07, 6.45) is 5.57. The van der Waals surface area contributed by atoms with Crippen LogP contribution in [0.25, 0.3) is 0 Å². The maximum atomic E-state index is 11.3. The molecule has 0 aromatic rings. The summed E-state index contributed by atoms with van der Waals surface area (Å²) in [4.78, 5) is 16.1. The van der Waals surface area contributed by atoms with Crippen molar-refractivity contribution in [1.82, 2.24) is 9.80 Å². The van der Waals surface area contributed by atoms with Gasteiger partial charge in [-0.3, -0.25) is 0 Å². The van der Waals surface area contributed by atoms with E-state index >= 15 is 0 Å². The van der Waals surface area contributed by atoms with E-state index in [1.807, 2.05) is 0 Å². The van der Waals surface area contributed by atoms with Crippen LogP contribution in [0.3, 0.4) is 0 Å². The minimum absolute atomic E-state index is 0.106. The van der Waals surface area contributed by atoms with Gasteiger partial charge in [-0.1, -0.05) is 13.8 Å². The zero-order valence-corrected chi connectivity index (χ0v) is 11.9. The summed E-state index contributed by atoms with van der Waals surface area (Å²) in [6, 6.07) is 0.722.